The van der Waals surface area contributed by atoms with Crippen LogP contribution in [0.1, 0.15) is 17.3 Å². The van der Waals surface area contributed by atoms with Crippen LogP contribution in [0.5, 0.6) is 11.5 Å². The van der Waals surface area contributed by atoms with Gasteiger partial charge in [0.1, 0.15) is 4.90 Å². The van der Waals surface area contributed by atoms with Crippen molar-refractivity contribution in [1.29, 1.82) is 0 Å². The SMILES string of the molecule is COc1cc(C(C)=O)ccc1OS(=O)(=O)c1cccc(Cl)c1. The smallest absolute Gasteiger partial charge is 0.339 e. The summed E-state index contributed by atoms with van der Waals surface area (Å²) in [6.45, 7) is 1.40. The average Bonchev–Trinajstić information content (AvgIpc) is 2.47. The molecule has 22 heavy (non-hydrogen) atoms. The van der Waals surface area contributed by atoms with Gasteiger partial charge in [-0.15, -0.1) is 0 Å². The van der Waals surface area contributed by atoms with E-state index in [1.807, 2.05) is 0 Å². The third kappa shape index (κ3) is 3.58. The van der Waals surface area contributed by atoms with Crippen LogP contribution in [0.2, 0.25) is 5.02 Å². The summed E-state index contributed by atoms with van der Waals surface area (Å²) in [5.41, 5.74) is 0.393. The fourth-order valence-corrected chi connectivity index (χ4v) is 2.99. The van der Waals surface area contributed by atoms with Gasteiger partial charge in [0.2, 0.25) is 0 Å². The number of ketones is 1. The molecule has 0 radical (unpaired) electrons. The maximum Gasteiger partial charge on any atom is 0.339 e. The lowest BCUT2D eigenvalue weighted by molar-refractivity contribution is 0.101. The molecule has 0 aliphatic rings. The van der Waals surface area contributed by atoms with Crippen molar-refractivity contribution in [2.45, 2.75) is 11.8 Å². The molecule has 0 saturated carbocycles. The molecule has 0 atom stereocenters. The van der Waals surface area contributed by atoms with Crippen LogP contribution in [0, 0.1) is 0 Å². The van der Waals surface area contributed by atoms with Crippen LogP contribution in [0.4, 0.5) is 0 Å². The largest absolute Gasteiger partial charge is 0.493 e. The Balaban J connectivity index is 2.39. The molecule has 0 aliphatic carbocycles. The molecule has 2 rings (SSSR count). The Bertz CT molecular complexity index is 814. The lowest BCUT2D eigenvalue weighted by Crippen LogP contribution is -2.10. The highest BCUT2D eigenvalue weighted by Crippen LogP contribution is 2.31. The molecule has 0 spiro atoms. The van der Waals surface area contributed by atoms with E-state index in [1.165, 1.54) is 50.4 Å². The highest BCUT2D eigenvalue weighted by atomic mass is 35.5. The number of hydrogen-bond donors (Lipinski definition) is 0. The second kappa shape index (κ2) is 6.37. The normalized spacial score (nSPS) is 11.0. The summed E-state index contributed by atoms with van der Waals surface area (Å²) < 4.78 is 34.6. The van der Waals surface area contributed by atoms with Crippen LogP contribution in [-0.2, 0) is 10.1 Å². The van der Waals surface area contributed by atoms with Crippen LogP contribution in [-0.4, -0.2) is 21.3 Å². The molecule has 2 aromatic rings. The molecule has 0 aliphatic heterocycles. The van der Waals surface area contributed by atoms with E-state index in [0.717, 1.165) is 0 Å². The van der Waals surface area contributed by atoms with Crippen LogP contribution < -0.4 is 8.92 Å². The summed E-state index contributed by atoms with van der Waals surface area (Å²) in [5, 5.41) is 0.281. The summed E-state index contributed by atoms with van der Waals surface area (Å²) in [7, 11) is -2.69. The van der Waals surface area contributed by atoms with E-state index in [0.29, 0.717) is 5.56 Å². The molecular formula is C15H13ClO5S. The number of rotatable bonds is 5. The predicted octanol–water partition coefficient (Wildman–Crippen LogP) is 3.32. The zero-order chi connectivity index (χ0) is 16.3. The fraction of sp³-hybridized carbons (Fsp3) is 0.133. The van der Waals surface area contributed by atoms with Gasteiger partial charge >= 0.3 is 10.1 Å². The average molecular weight is 341 g/mol. The minimum Gasteiger partial charge on any atom is -0.493 e. The third-order valence-electron chi connectivity index (χ3n) is 2.85. The number of methoxy groups -OCH3 is 1. The fourth-order valence-electron chi connectivity index (χ4n) is 1.74. The first kappa shape index (κ1) is 16.3. The molecule has 0 heterocycles. The maximum absolute atomic E-state index is 12.2. The first-order chi connectivity index (χ1) is 10.3. The summed E-state index contributed by atoms with van der Waals surface area (Å²) in [6, 6.07) is 9.99. The highest BCUT2D eigenvalue weighted by Gasteiger charge is 2.20. The Morgan fingerprint density at radius 2 is 1.82 bits per heavy atom. The number of ether oxygens (including phenoxy) is 1. The summed E-state index contributed by atoms with van der Waals surface area (Å²) >= 11 is 5.79. The molecule has 7 heteroatoms. The van der Waals surface area contributed by atoms with Gasteiger partial charge in [-0.1, -0.05) is 17.7 Å². The van der Waals surface area contributed by atoms with Gasteiger partial charge in [0, 0.05) is 10.6 Å². The number of Topliss-reactive ketones (excluding diaryl/α,β-unsaturated/α-hetero) is 1. The molecule has 5 nitrogen and oxygen atoms in total. The Hall–Kier alpha value is -2.05. The van der Waals surface area contributed by atoms with Crippen molar-refractivity contribution in [2.24, 2.45) is 0 Å². The third-order valence-corrected chi connectivity index (χ3v) is 4.32. The monoisotopic (exact) mass is 340 g/mol. The van der Waals surface area contributed by atoms with E-state index in [2.05, 4.69) is 0 Å². The summed E-state index contributed by atoms with van der Waals surface area (Å²) in [6.07, 6.45) is 0. The van der Waals surface area contributed by atoms with Gasteiger partial charge < -0.3 is 8.92 Å². The van der Waals surface area contributed by atoms with Gasteiger partial charge in [-0.25, -0.2) is 0 Å². The van der Waals surface area contributed by atoms with Crippen molar-refractivity contribution in [3.05, 3.63) is 53.1 Å². The lowest BCUT2D eigenvalue weighted by atomic mass is 10.1. The van der Waals surface area contributed by atoms with Gasteiger partial charge in [-0.05, 0) is 43.3 Å². The Morgan fingerprint density at radius 3 is 2.41 bits per heavy atom. The van der Waals surface area contributed by atoms with Crippen molar-refractivity contribution in [2.75, 3.05) is 7.11 Å². The molecule has 0 amide bonds. The maximum atomic E-state index is 12.2. The van der Waals surface area contributed by atoms with Crippen molar-refractivity contribution in [3.63, 3.8) is 0 Å². The molecule has 0 unspecified atom stereocenters. The number of hydrogen-bond acceptors (Lipinski definition) is 5. The van der Waals surface area contributed by atoms with Crippen molar-refractivity contribution in [1.82, 2.24) is 0 Å². The Labute approximate surface area is 133 Å². The van der Waals surface area contributed by atoms with Crippen molar-refractivity contribution < 1.29 is 22.1 Å². The second-order valence-electron chi connectivity index (χ2n) is 4.42. The van der Waals surface area contributed by atoms with E-state index in [9.17, 15) is 13.2 Å². The van der Waals surface area contributed by atoms with Gasteiger partial charge in [-0.3, -0.25) is 4.79 Å². The molecule has 0 aromatic heterocycles. The standard InChI is InChI=1S/C15H13ClO5S/c1-10(17)11-6-7-14(15(8-11)20-2)21-22(18,19)13-5-3-4-12(16)9-13/h3-9H,1-2H3. The second-order valence-corrected chi connectivity index (χ2v) is 6.40. The molecule has 0 N–H and O–H groups in total. The minimum absolute atomic E-state index is 0.00697. The molecule has 0 saturated heterocycles. The van der Waals surface area contributed by atoms with Crippen LogP contribution in [0.25, 0.3) is 0 Å². The van der Waals surface area contributed by atoms with Gasteiger partial charge in [0.05, 0.1) is 7.11 Å². The lowest BCUT2D eigenvalue weighted by Gasteiger charge is -2.11. The van der Waals surface area contributed by atoms with E-state index in [1.54, 1.807) is 6.07 Å². The van der Waals surface area contributed by atoms with E-state index in [-0.39, 0.29) is 27.2 Å². The zero-order valence-corrected chi connectivity index (χ0v) is 13.4. The number of benzene rings is 2. The molecule has 0 fully saturated rings. The van der Waals surface area contributed by atoms with E-state index < -0.39 is 10.1 Å². The number of carbonyl (C=O) groups is 1. The zero-order valence-electron chi connectivity index (χ0n) is 11.9. The quantitative estimate of drug-likeness (QED) is 0.617. The van der Waals surface area contributed by atoms with Crippen molar-refractivity contribution >= 4 is 27.5 Å². The molecule has 0 bridgehead atoms. The first-order valence-corrected chi connectivity index (χ1v) is 8.01. The number of carbonyl (C=O) groups excluding carboxylic acids is 1. The molecule has 2 aromatic carbocycles. The Morgan fingerprint density at radius 1 is 1.09 bits per heavy atom. The van der Waals surface area contributed by atoms with Crippen molar-refractivity contribution in [3.8, 4) is 11.5 Å². The van der Waals surface area contributed by atoms with Gasteiger partial charge in [0.25, 0.3) is 0 Å². The van der Waals surface area contributed by atoms with E-state index in [4.69, 9.17) is 20.5 Å². The summed E-state index contributed by atoms with van der Waals surface area (Å²) in [5.74, 6) is -0.0201. The minimum atomic E-state index is -4.05. The molecule has 116 valence electrons. The Kier molecular flexibility index (Phi) is 4.73. The molecular weight excluding hydrogens is 328 g/mol. The topological polar surface area (TPSA) is 69.7 Å². The van der Waals surface area contributed by atoms with Crippen LogP contribution in [0.3, 0.4) is 0 Å². The predicted molar refractivity (Wildman–Crippen MR) is 82.3 cm³/mol. The van der Waals surface area contributed by atoms with Gasteiger partial charge in [-0.2, -0.15) is 8.42 Å². The van der Waals surface area contributed by atoms with Crippen LogP contribution in [0.15, 0.2) is 47.4 Å². The van der Waals surface area contributed by atoms with E-state index >= 15 is 0 Å². The number of halogens is 1. The van der Waals surface area contributed by atoms with Gasteiger partial charge in [0.15, 0.2) is 17.3 Å². The van der Waals surface area contributed by atoms with Crippen LogP contribution >= 0.6 is 11.6 Å². The summed E-state index contributed by atoms with van der Waals surface area (Å²) in [4.78, 5) is 11.3. The highest BCUT2D eigenvalue weighted by molar-refractivity contribution is 7.87. The first-order valence-electron chi connectivity index (χ1n) is 6.22.